The van der Waals surface area contributed by atoms with E-state index in [1.165, 1.54) is 18.5 Å². The molecule has 0 unspecified atom stereocenters. The van der Waals surface area contributed by atoms with Crippen LogP contribution in [0.5, 0.6) is 11.5 Å². The van der Waals surface area contributed by atoms with Crippen molar-refractivity contribution < 1.29 is 13.9 Å². The van der Waals surface area contributed by atoms with E-state index in [0.29, 0.717) is 13.2 Å². The molecule has 0 N–H and O–H groups in total. The molecule has 0 radical (unpaired) electrons. The van der Waals surface area contributed by atoms with Crippen LogP contribution in [0.25, 0.3) is 11.6 Å². The molecule has 0 saturated heterocycles. The molecule has 0 aliphatic heterocycles. The molecular formula is C29H28FN3O2. The molecule has 1 aromatic heterocycles. The predicted octanol–water partition coefficient (Wildman–Crippen LogP) is 6.19. The van der Waals surface area contributed by atoms with E-state index in [4.69, 9.17) is 9.47 Å². The maximum atomic E-state index is 13.5. The lowest BCUT2D eigenvalue weighted by molar-refractivity contribution is 0.203. The first-order chi connectivity index (χ1) is 16.9. The minimum atomic E-state index is -0.440. The molecule has 1 heterocycles. The van der Waals surface area contributed by atoms with E-state index in [0.717, 1.165) is 33.8 Å². The molecule has 6 heteroatoms. The Kier molecular flexibility index (Phi) is 7.41. The molecule has 5 nitrogen and oxygen atoms in total. The van der Waals surface area contributed by atoms with Gasteiger partial charge in [0.1, 0.15) is 30.0 Å². The van der Waals surface area contributed by atoms with E-state index >= 15 is 0 Å². The van der Waals surface area contributed by atoms with Gasteiger partial charge in [-0.3, -0.25) is 4.68 Å². The van der Waals surface area contributed by atoms with Crippen molar-refractivity contribution in [3.63, 3.8) is 0 Å². The van der Waals surface area contributed by atoms with Crippen molar-refractivity contribution >= 4 is 11.6 Å². The van der Waals surface area contributed by atoms with Gasteiger partial charge in [0, 0.05) is 5.41 Å². The van der Waals surface area contributed by atoms with Crippen LogP contribution < -0.4 is 9.47 Å². The van der Waals surface area contributed by atoms with E-state index in [1.807, 2.05) is 60.7 Å². The molecule has 0 fully saturated rings. The Hall–Kier alpha value is -4.19. The summed E-state index contributed by atoms with van der Waals surface area (Å²) in [7, 11) is 1.65. The van der Waals surface area contributed by atoms with E-state index < -0.39 is 5.41 Å². The van der Waals surface area contributed by atoms with Crippen LogP contribution in [0.2, 0.25) is 0 Å². The van der Waals surface area contributed by atoms with Gasteiger partial charge in [-0.1, -0.05) is 62.1 Å². The van der Waals surface area contributed by atoms with Gasteiger partial charge >= 0.3 is 0 Å². The lowest BCUT2D eigenvalue weighted by atomic mass is 9.83. The highest BCUT2D eigenvalue weighted by molar-refractivity contribution is 5.77. The topological polar surface area (TPSA) is 49.2 Å². The number of ether oxygens (including phenoxy) is 2. The third-order valence-corrected chi connectivity index (χ3v) is 5.89. The highest BCUT2D eigenvalue weighted by atomic mass is 19.1. The van der Waals surface area contributed by atoms with Crippen LogP contribution in [0.4, 0.5) is 4.39 Å². The first-order valence-corrected chi connectivity index (χ1v) is 11.3. The SMILES string of the molecule is C=C(/C=C/c1ccc(OC)cc1)c1ccc(OC[C@@](C)(Cn2cncn2)c2ccc(F)cc2)cc1. The first-order valence-electron chi connectivity index (χ1n) is 11.3. The Morgan fingerprint density at radius 1 is 1.00 bits per heavy atom. The second-order valence-corrected chi connectivity index (χ2v) is 8.61. The van der Waals surface area contributed by atoms with Crippen LogP contribution in [0.3, 0.4) is 0 Å². The van der Waals surface area contributed by atoms with Gasteiger partial charge in [-0.15, -0.1) is 0 Å². The van der Waals surface area contributed by atoms with Crippen LogP contribution in [-0.2, 0) is 12.0 Å². The van der Waals surface area contributed by atoms with Gasteiger partial charge < -0.3 is 9.47 Å². The van der Waals surface area contributed by atoms with Crippen molar-refractivity contribution in [3.8, 4) is 11.5 Å². The average Bonchev–Trinajstić information content (AvgIpc) is 3.40. The fourth-order valence-corrected chi connectivity index (χ4v) is 3.76. The molecule has 1 atom stereocenters. The fourth-order valence-electron chi connectivity index (χ4n) is 3.76. The molecule has 4 aromatic rings. The molecule has 4 rings (SSSR count). The van der Waals surface area contributed by atoms with Crippen LogP contribution in [-0.4, -0.2) is 28.5 Å². The zero-order valence-electron chi connectivity index (χ0n) is 19.9. The van der Waals surface area contributed by atoms with Gasteiger partial charge in [-0.2, -0.15) is 5.10 Å². The van der Waals surface area contributed by atoms with Crippen molar-refractivity contribution in [2.45, 2.75) is 18.9 Å². The van der Waals surface area contributed by atoms with Crippen molar-refractivity contribution in [1.82, 2.24) is 14.8 Å². The Labute approximate surface area is 205 Å². The Balaban J connectivity index is 1.42. The molecule has 0 spiro atoms. The van der Waals surface area contributed by atoms with Gasteiger partial charge in [-0.05, 0) is 58.7 Å². The number of hydrogen-bond donors (Lipinski definition) is 0. The van der Waals surface area contributed by atoms with Crippen molar-refractivity contribution in [2.75, 3.05) is 13.7 Å². The molecule has 0 saturated carbocycles. The zero-order valence-corrected chi connectivity index (χ0v) is 19.9. The summed E-state index contributed by atoms with van der Waals surface area (Å²) in [6.07, 6.45) is 7.17. The maximum Gasteiger partial charge on any atom is 0.137 e. The normalized spacial score (nSPS) is 12.9. The molecule has 0 amide bonds. The maximum absolute atomic E-state index is 13.5. The van der Waals surface area contributed by atoms with Crippen LogP contribution in [0.1, 0.15) is 23.6 Å². The van der Waals surface area contributed by atoms with Crippen molar-refractivity contribution in [2.24, 2.45) is 0 Å². The van der Waals surface area contributed by atoms with E-state index in [1.54, 1.807) is 30.3 Å². The molecule has 0 aliphatic carbocycles. The smallest absolute Gasteiger partial charge is 0.137 e. The third-order valence-electron chi connectivity index (χ3n) is 5.89. The summed E-state index contributed by atoms with van der Waals surface area (Å²) in [6.45, 7) is 7.18. The summed E-state index contributed by atoms with van der Waals surface area (Å²) in [6, 6.07) is 22.2. The third kappa shape index (κ3) is 6.23. The summed E-state index contributed by atoms with van der Waals surface area (Å²) in [5.41, 5.74) is 3.49. The number of allylic oxidation sites excluding steroid dienone is 2. The van der Waals surface area contributed by atoms with Gasteiger partial charge in [-0.25, -0.2) is 9.37 Å². The number of rotatable bonds is 10. The number of benzene rings is 3. The monoisotopic (exact) mass is 469 g/mol. The van der Waals surface area contributed by atoms with Crippen LogP contribution in [0, 0.1) is 5.82 Å². The lowest BCUT2D eigenvalue weighted by Gasteiger charge is -2.30. The van der Waals surface area contributed by atoms with Crippen molar-refractivity contribution in [1.29, 1.82) is 0 Å². The average molecular weight is 470 g/mol. The molecule has 3 aromatic carbocycles. The summed E-state index contributed by atoms with van der Waals surface area (Å²) in [5.74, 6) is 1.30. The minimum absolute atomic E-state index is 0.269. The first kappa shape index (κ1) is 24.0. The standard InChI is InChI=1S/C29H28FN3O2/c1-22(4-5-23-6-14-27(34-3)15-7-23)24-8-16-28(17-9-24)35-19-29(2,18-33-21-31-20-32-33)25-10-12-26(30)13-11-25/h4-17,20-21H,1,18-19H2,2-3H3/b5-4+/t29-/m1/s1. The molecule has 0 aliphatic rings. The Morgan fingerprint density at radius 3 is 2.31 bits per heavy atom. The summed E-state index contributed by atoms with van der Waals surface area (Å²) < 4.78 is 26.6. The second-order valence-electron chi connectivity index (χ2n) is 8.61. The molecule has 178 valence electrons. The molecular weight excluding hydrogens is 441 g/mol. The fraction of sp³-hybridized carbons (Fsp3) is 0.172. The van der Waals surface area contributed by atoms with E-state index in [-0.39, 0.29) is 5.82 Å². The number of nitrogens with zero attached hydrogens (tertiary/aromatic N) is 3. The Morgan fingerprint density at radius 2 is 1.69 bits per heavy atom. The largest absolute Gasteiger partial charge is 0.497 e. The van der Waals surface area contributed by atoms with Gasteiger partial charge in [0.05, 0.1) is 20.3 Å². The highest BCUT2D eigenvalue weighted by Crippen LogP contribution is 2.28. The highest BCUT2D eigenvalue weighted by Gasteiger charge is 2.29. The summed E-state index contributed by atoms with van der Waals surface area (Å²) >= 11 is 0. The summed E-state index contributed by atoms with van der Waals surface area (Å²) in [5, 5.41) is 4.23. The lowest BCUT2D eigenvalue weighted by Crippen LogP contribution is -2.35. The molecule has 35 heavy (non-hydrogen) atoms. The quantitative estimate of drug-likeness (QED) is 0.260. The number of aromatic nitrogens is 3. The minimum Gasteiger partial charge on any atom is -0.497 e. The van der Waals surface area contributed by atoms with Gasteiger partial charge in [0.2, 0.25) is 0 Å². The van der Waals surface area contributed by atoms with Gasteiger partial charge in [0.25, 0.3) is 0 Å². The van der Waals surface area contributed by atoms with Crippen LogP contribution in [0.15, 0.2) is 98.1 Å². The number of halogens is 1. The van der Waals surface area contributed by atoms with E-state index in [2.05, 4.69) is 23.6 Å². The summed E-state index contributed by atoms with van der Waals surface area (Å²) in [4.78, 5) is 4.03. The molecule has 0 bridgehead atoms. The number of methoxy groups -OCH3 is 1. The van der Waals surface area contributed by atoms with Gasteiger partial charge in [0.15, 0.2) is 0 Å². The number of hydrogen-bond acceptors (Lipinski definition) is 4. The van der Waals surface area contributed by atoms with Crippen LogP contribution >= 0.6 is 0 Å². The van der Waals surface area contributed by atoms with E-state index in [9.17, 15) is 4.39 Å². The zero-order chi connectivity index (χ0) is 24.7. The van der Waals surface area contributed by atoms with Crippen molar-refractivity contribution in [3.05, 3.63) is 121 Å². The second kappa shape index (κ2) is 10.8. The Bertz CT molecular complexity index is 1270. The predicted molar refractivity (Wildman–Crippen MR) is 137 cm³/mol.